The predicted octanol–water partition coefficient (Wildman–Crippen LogP) is 3.33. The number of halogens is 2. The molecule has 9 heteroatoms. The van der Waals surface area contributed by atoms with Crippen molar-refractivity contribution in [3.05, 3.63) is 64.2 Å². The Kier molecular flexibility index (Phi) is 5.14. The van der Waals surface area contributed by atoms with E-state index in [9.17, 15) is 18.8 Å². The average Bonchev–Trinajstić information content (AvgIpc) is 3.14. The third kappa shape index (κ3) is 3.59. The molecular formula is C21H17F2N5O2. The summed E-state index contributed by atoms with van der Waals surface area (Å²) in [4.78, 5) is 12.5. The molecule has 0 aliphatic carbocycles. The first kappa shape index (κ1) is 19.5. The number of nitriles is 1. The van der Waals surface area contributed by atoms with Gasteiger partial charge in [0.05, 0.1) is 28.7 Å². The summed E-state index contributed by atoms with van der Waals surface area (Å²) in [6.45, 7) is 1.79. The van der Waals surface area contributed by atoms with Crippen LogP contribution in [0.1, 0.15) is 18.2 Å². The Hall–Kier alpha value is -3.80. The van der Waals surface area contributed by atoms with Gasteiger partial charge in [-0.25, -0.2) is 13.5 Å². The first-order chi connectivity index (χ1) is 14.5. The molecule has 0 bridgehead atoms. The van der Waals surface area contributed by atoms with Gasteiger partial charge in [0.25, 0.3) is 12.0 Å². The third-order valence-electron chi connectivity index (χ3n) is 4.69. The summed E-state index contributed by atoms with van der Waals surface area (Å²) < 4.78 is 33.1. The summed E-state index contributed by atoms with van der Waals surface area (Å²) in [7, 11) is 0. The number of alkyl halides is 2. The van der Waals surface area contributed by atoms with Crippen molar-refractivity contribution in [2.45, 2.75) is 26.4 Å². The van der Waals surface area contributed by atoms with Crippen molar-refractivity contribution in [2.24, 2.45) is 0 Å². The largest absolute Gasteiger partial charge is 0.486 e. The molecule has 2 aromatic carbocycles. The Labute approximate surface area is 169 Å². The smallest absolute Gasteiger partial charge is 0.274 e. The minimum absolute atomic E-state index is 0.0907. The molecule has 4 rings (SSSR count). The van der Waals surface area contributed by atoms with Gasteiger partial charge in [0.2, 0.25) is 0 Å². The molecule has 2 heterocycles. The summed E-state index contributed by atoms with van der Waals surface area (Å²) in [5, 5.41) is 20.2. The molecule has 0 saturated carbocycles. The van der Waals surface area contributed by atoms with E-state index in [1.807, 2.05) is 25.1 Å². The highest BCUT2D eigenvalue weighted by Gasteiger charge is 2.14. The summed E-state index contributed by atoms with van der Waals surface area (Å²) in [6.07, 6.45) is -0.910. The second-order valence-corrected chi connectivity index (χ2v) is 6.66. The number of aryl methyl sites for hydroxylation is 1. The summed E-state index contributed by atoms with van der Waals surface area (Å²) in [5.74, 6) is 0.0907. The van der Waals surface area contributed by atoms with Crippen LogP contribution >= 0.6 is 0 Å². The molecule has 0 atom stereocenters. The third-order valence-corrected chi connectivity index (χ3v) is 4.69. The maximum Gasteiger partial charge on any atom is 0.274 e. The number of benzene rings is 2. The SMILES string of the molecule is CCn1nc(Cn2cc3cc(OCC(F)F)c(C#N)cc3n2)c2ccccc2c1=O. The van der Waals surface area contributed by atoms with Crippen LogP contribution in [0.3, 0.4) is 0 Å². The van der Waals surface area contributed by atoms with Gasteiger partial charge in [-0.3, -0.25) is 9.48 Å². The molecule has 0 fully saturated rings. The predicted molar refractivity (Wildman–Crippen MR) is 107 cm³/mol. The number of hydrogen-bond donors (Lipinski definition) is 0. The molecule has 0 saturated heterocycles. The second-order valence-electron chi connectivity index (χ2n) is 6.66. The van der Waals surface area contributed by atoms with E-state index in [0.717, 1.165) is 5.39 Å². The molecule has 0 aliphatic rings. The van der Waals surface area contributed by atoms with Crippen molar-refractivity contribution >= 4 is 21.7 Å². The Bertz CT molecular complexity index is 1340. The van der Waals surface area contributed by atoms with Gasteiger partial charge in [-0.15, -0.1) is 0 Å². The second kappa shape index (κ2) is 7.91. The van der Waals surface area contributed by atoms with Crippen molar-refractivity contribution in [3.8, 4) is 11.8 Å². The number of nitrogens with zero attached hydrogens (tertiary/aromatic N) is 5. The lowest BCUT2D eigenvalue weighted by molar-refractivity contribution is 0.0818. The lowest BCUT2D eigenvalue weighted by Gasteiger charge is -2.09. The number of fused-ring (bicyclic) bond motifs is 2. The van der Waals surface area contributed by atoms with E-state index in [-0.39, 0.29) is 16.9 Å². The van der Waals surface area contributed by atoms with Crippen LogP contribution in [0.4, 0.5) is 8.78 Å². The van der Waals surface area contributed by atoms with E-state index in [4.69, 9.17) is 4.74 Å². The van der Waals surface area contributed by atoms with Crippen LogP contribution in [0.15, 0.2) is 47.4 Å². The molecule has 30 heavy (non-hydrogen) atoms. The van der Waals surface area contributed by atoms with Crippen LogP contribution in [0.5, 0.6) is 5.75 Å². The molecule has 0 N–H and O–H groups in total. The molecule has 4 aromatic rings. The minimum Gasteiger partial charge on any atom is -0.486 e. The molecule has 2 aromatic heterocycles. The zero-order valence-electron chi connectivity index (χ0n) is 16.0. The van der Waals surface area contributed by atoms with Gasteiger partial charge in [0.15, 0.2) is 0 Å². The van der Waals surface area contributed by atoms with Gasteiger partial charge in [-0.1, -0.05) is 18.2 Å². The lowest BCUT2D eigenvalue weighted by Crippen LogP contribution is -2.24. The maximum atomic E-state index is 12.5. The Morgan fingerprint density at radius 1 is 1.20 bits per heavy atom. The molecule has 7 nitrogen and oxygen atoms in total. The van der Waals surface area contributed by atoms with Gasteiger partial charge < -0.3 is 4.74 Å². The molecule has 0 aliphatic heterocycles. The van der Waals surface area contributed by atoms with Crippen molar-refractivity contribution in [2.75, 3.05) is 6.61 Å². The average molecular weight is 409 g/mol. The highest BCUT2D eigenvalue weighted by Crippen LogP contribution is 2.26. The van der Waals surface area contributed by atoms with Crippen LogP contribution in [0.25, 0.3) is 21.7 Å². The van der Waals surface area contributed by atoms with E-state index in [0.29, 0.717) is 35.1 Å². The van der Waals surface area contributed by atoms with Gasteiger partial charge in [-0.05, 0) is 25.1 Å². The monoisotopic (exact) mass is 409 g/mol. The molecular weight excluding hydrogens is 392 g/mol. The number of aromatic nitrogens is 4. The van der Waals surface area contributed by atoms with Crippen molar-refractivity contribution in [1.29, 1.82) is 5.26 Å². The Morgan fingerprint density at radius 2 is 1.97 bits per heavy atom. The fourth-order valence-electron chi connectivity index (χ4n) is 3.33. The maximum absolute atomic E-state index is 12.5. The van der Waals surface area contributed by atoms with Gasteiger partial charge >= 0.3 is 0 Å². The van der Waals surface area contributed by atoms with E-state index < -0.39 is 13.0 Å². The number of rotatable bonds is 6. The van der Waals surface area contributed by atoms with E-state index in [1.54, 1.807) is 23.0 Å². The highest BCUT2D eigenvalue weighted by atomic mass is 19.3. The number of hydrogen-bond acceptors (Lipinski definition) is 5. The first-order valence-electron chi connectivity index (χ1n) is 9.31. The molecule has 0 amide bonds. The van der Waals surface area contributed by atoms with Crippen LogP contribution in [-0.2, 0) is 13.1 Å². The first-order valence-corrected chi connectivity index (χ1v) is 9.31. The normalized spacial score (nSPS) is 11.3. The van der Waals surface area contributed by atoms with Gasteiger partial charge in [-0.2, -0.15) is 15.5 Å². The zero-order valence-corrected chi connectivity index (χ0v) is 16.0. The summed E-state index contributed by atoms with van der Waals surface area (Å²) in [6, 6.07) is 12.2. The van der Waals surface area contributed by atoms with Crippen molar-refractivity contribution in [1.82, 2.24) is 19.6 Å². The molecule has 0 spiro atoms. The van der Waals surface area contributed by atoms with E-state index >= 15 is 0 Å². The van der Waals surface area contributed by atoms with Crippen LogP contribution in [0.2, 0.25) is 0 Å². The van der Waals surface area contributed by atoms with E-state index in [2.05, 4.69) is 10.2 Å². The minimum atomic E-state index is -2.64. The Balaban J connectivity index is 1.75. The molecule has 0 radical (unpaired) electrons. The van der Waals surface area contributed by atoms with Crippen LogP contribution in [-0.4, -0.2) is 32.6 Å². The highest BCUT2D eigenvalue weighted by molar-refractivity contribution is 5.84. The fraction of sp³-hybridized carbons (Fsp3) is 0.238. The Morgan fingerprint density at radius 3 is 2.67 bits per heavy atom. The topological polar surface area (TPSA) is 85.7 Å². The number of ether oxygens (including phenoxy) is 1. The van der Waals surface area contributed by atoms with Crippen molar-refractivity contribution < 1.29 is 13.5 Å². The van der Waals surface area contributed by atoms with Crippen LogP contribution < -0.4 is 10.3 Å². The fourth-order valence-corrected chi connectivity index (χ4v) is 3.33. The quantitative estimate of drug-likeness (QED) is 0.488. The molecule has 152 valence electrons. The summed E-state index contributed by atoms with van der Waals surface area (Å²) >= 11 is 0. The van der Waals surface area contributed by atoms with Crippen molar-refractivity contribution in [3.63, 3.8) is 0 Å². The van der Waals surface area contributed by atoms with Crippen LogP contribution in [0, 0.1) is 11.3 Å². The molecule has 0 unspecified atom stereocenters. The standard InChI is InChI=1S/C21H17F2N5O2/c1-2-28-21(29)16-6-4-3-5-15(16)18(26-28)11-27-10-14-8-19(30-12-20(22)23)13(9-24)7-17(14)25-27/h3-8,10,20H,2,11-12H2,1H3. The lowest BCUT2D eigenvalue weighted by atomic mass is 10.1. The van der Waals surface area contributed by atoms with Gasteiger partial charge in [0, 0.05) is 23.5 Å². The summed E-state index contributed by atoms with van der Waals surface area (Å²) in [5.41, 5.74) is 1.19. The van der Waals surface area contributed by atoms with Gasteiger partial charge in [0.1, 0.15) is 18.4 Å². The van der Waals surface area contributed by atoms with E-state index in [1.165, 1.54) is 16.8 Å². The zero-order chi connectivity index (χ0) is 21.3.